The van der Waals surface area contributed by atoms with Gasteiger partial charge in [-0.2, -0.15) is 0 Å². The summed E-state index contributed by atoms with van der Waals surface area (Å²) in [5, 5.41) is 0. The number of hydrogen-bond donors (Lipinski definition) is 0. The van der Waals surface area contributed by atoms with Crippen LogP contribution in [0.2, 0.25) is 0 Å². The Morgan fingerprint density at radius 1 is 0.944 bits per heavy atom. The number of benzene rings is 2. The van der Waals surface area contributed by atoms with Crippen LogP contribution in [-0.4, -0.2) is 0 Å². The van der Waals surface area contributed by atoms with Crippen LogP contribution in [0.3, 0.4) is 0 Å². The van der Waals surface area contributed by atoms with Crippen molar-refractivity contribution >= 4 is 0 Å². The van der Waals surface area contributed by atoms with E-state index in [1.165, 1.54) is 11.1 Å². The topological polar surface area (TPSA) is 9.23 Å². The first kappa shape index (κ1) is 12.4. The predicted molar refractivity (Wildman–Crippen MR) is 75.7 cm³/mol. The summed E-state index contributed by atoms with van der Waals surface area (Å²) in [5.74, 6) is 0.931. The Hall–Kier alpha value is -2.02. The fourth-order valence-corrected chi connectivity index (χ4v) is 1.76. The third-order valence-electron chi connectivity index (χ3n) is 2.74. The highest BCUT2D eigenvalue weighted by atomic mass is 16.5. The van der Waals surface area contributed by atoms with Crippen molar-refractivity contribution < 1.29 is 4.74 Å². The summed E-state index contributed by atoms with van der Waals surface area (Å²) in [6.07, 6.45) is 5.17. The SMILES string of the molecule is C/C=C\Cc1cccc(OCc2ccccc2)c1. The molecule has 2 aromatic rings. The Morgan fingerprint density at radius 3 is 2.50 bits per heavy atom. The van der Waals surface area contributed by atoms with Gasteiger partial charge in [-0.25, -0.2) is 0 Å². The molecule has 0 unspecified atom stereocenters. The van der Waals surface area contributed by atoms with Gasteiger partial charge in [-0.1, -0.05) is 54.6 Å². The van der Waals surface area contributed by atoms with E-state index in [1.54, 1.807) is 0 Å². The van der Waals surface area contributed by atoms with Crippen molar-refractivity contribution in [2.24, 2.45) is 0 Å². The summed E-state index contributed by atoms with van der Waals surface area (Å²) in [5.41, 5.74) is 2.47. The fourth-order valence-electron chi connectivity index (χ4n) is 1.76. The standard InChI is InChI=1S/C17H18O/c1-2-3-8-15-11-7-12-17(13-15)18-14-16-9-5-4-6-10-16/h2-7,9-13H,8,14H2,1H3/b3-2-. The Balaban J connectivity index is 1.97. The van der Waals surface area contributed by atoms with Gasteiger partial charge in [-0.15, -0.1) is 0 Å². The first-order chi connectivity index (χ1) is 8.88. The predicted octanol–water partition coefficient (Wildman–Crippen LogP) is 4.38. The third kappa shape index (κ3) is 3.77. The summed E-state index contributed by atoms with van der Waals surface area (Å²) >= 11 is 0. The molecule has 1 heteroatoms. The van der Waals surface area contributed by atoms with Crippen LogP contribution in [0.4, 0.5) is 0 Å². The minimum atomic E-state index is 0.619. The second-order valence-corrected chi connectivity index (χ2v) is 4.19. The zero-order chi connectivity index (χ0) is 12.6. The zero-order valence-corrected chi connectivity index (χ0v) is 10.7. The molecule has 1 nitrogen and oxygen atoms in total. The lowest BCUT2D eigenvalue weighted by Crippen LogP contribution is -1.95. The van der Waals surface area contributed by atoms with Crippen LogP contribution in [0.1, 0.15) is 18.1 Å². The Bertz CT molecular complexity index is 500. The molecule has 0 spiro atoms. The van der Waals surface area contributed by atoms with Crippen molar-refractivity contribution in [2.75, 3.05) is 0 Å². The van der Waals surface area contributed by atoms with Crippen LogP contribution in [-0.2, 0) is 13.0 Å². The molecule has 0 aliphatic heterocycles. The average molecular weight is 238 g/mol. The van der Waals surface area contributed by atoms with Gasteiger partial charge >= 0.3 is 0 Å². The molecule has 0 fully saturated rings. The maximum absolute atomic E-state index is 5.79. The molecule has 92 valence electrons. The van der Waals surface area contributed by atoms with E-state index in [0.29, 0.717) is 6.61 Å². The van der Waals surface area contributed by atoms with Crippen LogP contribution in [0.25, 0.3) is 0 Å². The molecule has 0 aliphatic rings. The highest BCUT2D eigenvalue weighted by molar-refractivity contribution is 5.30. The van der Waals surface area contributed by atoms with E-state index in [0.717, 1.165) is 12.2 Å². The van der Waals surface area contributed by atoms with Gasteiger partial charge < -0.3 is 4.74 Å². The molecule has 0 saturated heterocycles. The van der Waals surface area contributed by atoms with E-state index >= 15 is 0 Å². The first-order valence-electron chi connectivity index (χ1n) is 6.25. The molecule has 0 N–H and O–H groups in total. The molecule has 2 rings (SSSR count). The van der Waals surface area contributed by atoms with E-state index < -0.39 is 0 Å². The number of allylic oxidation sites excluding steroid dienone is 2. The minimum Gasteiger partial charge on any atom is -0.489 e. The molecule has 0 radical (unpaired) electrons. The molecule has 0 amide bonds. The molecule has 0 bridgehead atoms. The van der Waals surface area contributed by atoms with Crippen molar-refractivity contribution in [3.05, 3.63) is 77.9 Å². The van der Waals surface area contributed by atoms with Crippen LogP contribution >= 0.6 is 0 Å². The maximum Gasteiger partial charge on any atom is 0.120 e. The highest BCUT2D eigenvalue weighted by Crippen LogP contribution is 2.15. The summed E-state index contributed by atoms with van der Waals surface area (Å²) < 4.78 is 5.79. The smallest absolute Gasteiger partial charge is 0.120 e. The molecule has 0 heterocycles. The third-order valence-corrected chi connectivity index (χ3v) is 2.74. The first-order valence-corrected chi connectivity index (χ1v) is 6.25. The van der Waals surface area contributed by atoms with Gasteiger partial charge in [0, 0.05) is 0 Å². The second kappa shape index (κ2) is 6.65. The minimum absolute atomic E-state index is 0.619. The number of rotatable bonds is 5. The summed E-state index contributed by atoms with van der Waals surface area (Å²) in [6.45, 7) is 2.66. The largest absolute Gasteiger partial charge is 0.489 e. The normalized spacial score (nSPS) is 10.7. The summed E-state index contributed by atoms with van der Waals surface area (Å²) in [4.78, 5) is 0. The van der Waals surface area contributed by atoms with Crippen molar-refractivity contribution in [1.82, 2.24) is 0 Å². The van der Waals surface area contributed by atoms with Crippen LogP contribution < -0.4 is 4.74 Å². The molecule has 0 saturated carbocycles. The Kier molecular flexibility index (Phi) is 4.60. The Morgan fingerprint density at radius 2 is 1.72 bits per heavy atom. The highest BCUT2D eigenvalue weighted by Gasteiger charge is 1.97. The monoisotopic (exact) mass is 238 g/mol. The number of ether oxygens (including phenoxy) is 1. The lowest BCUT2D eigenvalue weighted by Gasteiger charge is -2.07. The van der Waals surface area contributed by atoms with Gasteiger partial charge in [0.25, 0.3) is 0 Å². The molecule has 2 aromatic carbocycles. The molecular weight excluding hydrogens is 220 g/mol. The summed E-state index contributed by atoms with van der Waals surface area (Å²) in [6, 6.07) is 18.5. The van der Waals surface area contributed by atoms with Crippen LogP contribution in [0, 0.1) is 0 Å². The Labute approximate surface area is 109 Å². The fraction of sp³-hybridized carbons (Fsp3) is 0.176. The molecule has 0 aliphatic carbocycles. The van der Waals surface area contributed by atoms with Crippen molar-refractivity contribution in [3.8, 4) is 5.75 Å². The van der Waals surface area contributed by atoms with E-state index in [2.05, 4.69) is 36.4 Å². The molecule has 0 aromatic heterocycles. The van der Waals surface area contributed by atoms with Gasteiger partial charge in [-0.05, 0) is 36.6 Å². The van der Waals surface area contributed by atoms with Crippen molar-refractivity contribution in [3.63, 3.8) is 0 Å². The van der Waals surface area contributed by atoms with Crippen LogP contribution in [0.15, 0.2) is 66.7 Å². The van der Waals surface area contributed by atoms with Gasteiger partial charge in [0.1, 0.15) is 12.4 Å². The average Bonchev–Trinajstić information content (AvgIpc) is 2.44. The van der Waals surface area contributed by atoms with Crippen LogP contribution in [0.5, 0.6) is 5.75 Å². The van der Waals surface area contributed by atoms with E-state index in [9.17, 15) is 0 Å². The number of hydrogen-bond acceptors (Lipinski definition) is 1. The second-order valence-electron chi connectivity index (χ2n) is 4.19. The van der Waals surface area contributed by atoms with E-state index in [1.807, 2.05) is 37.3 Å². The molecule has 18 heavy (non-hydrogen) atoms. The van der Waals surface area contributed by atoms with Crippen molar-refractivity contribution in [2.45, 2.75) is 20.0 Å². The van der Waals surface area contributed by atoms with Gasteiger partial charge in [0.05, 0.1) is 0 Å². The maximum atomic E-state index is 5.79. The zero-order valence-electron chi connectivity index (χ0n) is 10.7. The van der Waals surface area contributed by atoms with Gasteiger partial charge in [0.2, 0.25) is 0 Å². The molecular formula is C17H18O. The van der Waals surface area contributed by atoms with Gasteiger partial charge in [0.15, 0.2) is 0 Å². The van der Waals surface area contributed by atoms with Gasteiger partial charge in [-0.3, -0.25) is 0 Å². The van der Waals surface area contributed by atoms with E-state index in [-0.39, 0.29) is 0 Å². The van der Waals surface area contributed by atoms with Crippen molar-refractivity contribution in [1.29, 1.82) is 0 Å². The summed E-state index contributed by atoms with van der Waals surface area (Å²) in [7, 11) is 0. The lowest BCUT2D eigenvalue weighted by molar-refractivity contribution is 0.306. The quantitative estimate of drug-likeness (QED) is 0.702. The lowest BCUT2D eigenvalue weighted by atomic mass is 10.1. The van der Waals surface area contributed by atoms with E-state index in [4.69, 9.17) is 4.74 Å². The molecule has 0 atom stereocenters.